The number of hydrogen-bond acceptors (Lipinski definition) is 3. The van der Waals surface area contributed by atoms with Gasteiger partial charge in [-0.2, -0.15) is 0 Å². The molecular formula is C20H22N2O3. The van der Waals surface area contributed by atoms with Gasteiger partial charge in [-0.15, -0.1) is 0 Å². The molecular weight excluding hydrogens is 316 g/mol. The minimum atomic E-state index is -0.819. The van der Waals surface area contributed by atoms with Crippen molar-refractivity contribution in [2.75, 3.05) is 13.1 Å². The van der Waals surface area contributed by atoms with Gasteiger partial charge in [0.2, 0.25) is 0 Å². The average molecular weight is 338 g/mol. The maximum atomic E-state index is 13.2. The van der Waals surface area contributed by atoms with Crippen molar-refractivity contribution < 1.29 is 14.7 Å². The Bertz CT molecular complexity index is 886. The van der Waals surface area contributed by atoms with Crippen LogP contribution in [0.5, 0.6) is 0 Å². The highest BCUT2D eigenvalue weighted by Gasteiger charge is 2.33. The standard InChI is InChI=1S/C20H22N2O3/c1-11-7-12(2)18-15(8-11)16(9-17(21-18)13-3-4-13)19(23)22-6-5-14(10-22)20(24)25/h7-9,13-14H,3-6,10H2,1-2H3,(H,24,25)/t14-/m0/s1. The first-order chi connectivity index (χ1) is 11.9. The highest BCUT2D eigenvalue weighted by molar-refractivity contribution is 6.07. The number of nitrogens with zero attached hydrogens (tertiary/aromatic N) is 2. The van der Waals surface area contributed by atoms with Crippen molar-refractivity contribution in [1.29, 1.82) is 0 Å². The van der Waals surface area contributed by atoms with Gasteiger partial charge >= 0.3 is 5.97 Å². The molecule has 1 aliphatic heterocycles. The summed E-state index contributed by atoms with van der Waals surface area (Å²) in [6.07, 6.45) is 2.78. The number of carboxylic acid groups (broad SMARTS) is 1. The number of carbonyl (C=O) groups excluding carboxylic acids is 1. The quantitative estimate of drug-likeness (QED) is 0.932. The van der Waals surface area contributed by atoms with Gasteiger partial charge < -0.3 is 10.0 Å². The predicted molar refractivity (Wildman–Crippen MR) is 94.8 cm³/mol. The molecule has 130 valence electrons. The number of pyridine rings is 1. The average Bonchev–Trinajstić information content (AvgIpc) is 3.29. The van der Waals surface area contributed by atoms with Gasteiger partial charge in [0.15, 0.2) is 0 Å². The van der Waals surface area contributed by atoms with E-state index in [0.29, 0.717) is 31.0 Å². The van der Waals surface area contributed by atoms with Crippen molar-refractivity contribution in [3.63, 3.8) is 0 Å². The van der Waals surface area contributed by atoms with Crippen LogP contribution in [0.4, 0.5) is 0 Å². The van der Waals surface area contributed by atoms with E-state index in [0.717, 1.165) is 40.6 Å². The summed E-state index contributed by atoms with van der Waals surface area (Å²) in [6, 6.07) is 6.05. The molecule has 0 bridgehead atoms. The summed E-state index contributed by atoms with van der Waals surface area (Å²) >= 11 is 0. The van der Waals surface area contributed by atoms with E-state index >= 15 is 0 Å². The molecule has 2 heterocycles. The van der Waals surface area contributed by atoms with Gasteiger partial charge in [0.1, 0.15) is 0 Å². The predicted octanol–water partition coefficient (Wildman–Crippen LogP) is 3.28. The molecule has 1 aliphatic carbocycles. The van der Waals surface area contributed by atoms with Crippen molar-refractivity contribution in [3.05, 3.63) is 40.6 Å². The Hall–Kier alpha value is -2.43. The van der Waals surface area contributed by atoms with Crippen molar-refractivity contribution in [2.24, 2.45) is 5.92 Å². The summed E-state index contributed by atoms with van der Waals surface area (Å²) in [5, 5.41) is 10.1. The van der Waals surface area contributed by atoms with E-state index in [1.165, 1.54) is 0 Å². The van der Waals surface area contributed by atoms with Crippen LogP contribution in [0.2, 0.25) is 0 Å². The van der Waals surface area contributed by atoms with Crippen LogP contribution in [-0.4, -0.2) is 40.0 Å². The van der Waals surface area contributed by atoms with Gasteiger partial charge in [0.25, 0.3) is 5.91 Å². The van der Waals surface area contributed by atoms with E-state index in [-0.39, 0.29) is 5.91 Å². The van der Waals surface area contributed by atoms with Crippen molar-refractivity contribution >= 4 is 22.8 Å². The number of rotatable bonds is 3. The molecule has 25 heavy (non-hydrogen) atoms. The van der Waals surface area contributed by atoms with Crippen LogP contribution >= 0.6 is 0 Å². The zero-order chi connectivity index (χ0) is 17.7. The summed E-state index contributed by atoms with van der Waals surface area (Å²) in [6.45, 7) is 4.85. The number of likely N-dealkylation sites (tertiary alicyclic amines) is 1. The van der Waals surface area contributed by atoms with Crippen LogP contribution in [0.25, 0.3) is 10.9 Å². The van der Waals surface area contributed by atoms with E-state index in [1.807, 2.05) is 26.0 Å². The van der Waals surface area contributed by atoms with Crippen molar-refractivity contribution in [1.82, 2.24) is 9.88 Å². The summed E-state index contributed by atoms with van der Waals surface area (Å²) < 4.78 is 0. The molecule has 5 nitrogen and oxygen atoms in total. The molecule has 4 rings (SSSR count). The van der Waals surface area contributed by atoms with Gasteiger partial charge in [0.05, 0.1) is 17.0 Å². The third-order valence-electron chi connectivity index (χ3n) is 5.32. The highest BCUT2D eigenvalue weighted by atomic mass is 16.4. The Morgan fingerprint density at radius 2 is 1.92 bits per heavy atom. The molecule has 5 heteroatoms. The minimum Gasteiger partial charge on any atom is -0.481 e. The molecule has 1 saturated heterocycles. The van der Waals surface area contributed by atoms with Gasteiger partial charge in [0, 0.05) is 30.1 Å². The fourth-order valence-corrected chi connectivity index (χ4v) is 3.78. The van der Waals surface area contributed by atoms with Crippen LogP contribution in [-0.2, 0) is 4.79 Å². The number of aliphatic carboxylic acids is 1. The normalized spacial score (nSPS) is 20.2. The van der Waals surface area contributed by atoms with Crippen molar-refractivity contribution in [3.8, 4) is 0 Å². The Morgan fingerprint density at radius 1 is 1.16 bits per heavy atom. The SMILES string of the molecule is Cc1cc(C)c2nc(C3CC3)cc(C(=O)N3CC[C@H](C(=O)O)C3)c2c1. The van der Waals surface area contributed by atoms with Crippen LogP contribution < -0.4 is 0 Å². The van der Waals surface area contributed by atoms with E-state index in [1.54, 1.807) is 4.90 Å². The van der Waals surface area contributed by atoms with Crippen molar-refractivity contribution in [2.45, 2.75) is 39.0 Å². The fourth-order valence-electron chi connectivity index (χ4n) is 3.78. The number of hydrogen-bond donors (Lipinski definition) is 1. The Morgan fingerprint density at radius 3 is 2.56 bits per heavy atom. The lowest BCUT2D eigenvalue weighted by atomic mass is 10.00. The molecule has 1 N–H and O–H groups in total. The monoisotopic (exact) mass is 338 g/mol. The van der Waals surface area contributed by atoms with E-state index < -0.39 is 11.9 Å². The fraction of sp³-hybridized carbons (Fsp3) is 0.450. The maximum absolute atomic E-state index is 13.2. The number of carbonyl (C=O) groups is 2. The zero-order valence-corrected chi connectivity index (χ0v) is 14.6. The highest BCUT2D eigenvalue weighted by Crippen LogP contribution is 2.41. The zero-order valence-electron chi connectivity index (χ0n) is 14.6. The number of aryl methyl sites for hydroxylation is 2. The molecule has 2 aromatic rings. The molecule has 1 atom stereocenters. The topological polar surface area (TPSA) is 70.5 Å². The molecule has 1 aromatic heterocycles. The number of amides is 1. The lowest BCUT2D eigenvalue weighted by molar-refractivity contribution is -0.141. The summed E-state index contributed by atoms with van der Waals surface area (Å²) in [7, 11) is 0. The molecule has 1 amide bonds. The Kier molecular flexibility index (Phi) is 3.74. The Balaban J connectivity index is 1.80. The minimum absolute atomic E-state index is 0.0666. The van der Waals surface area contributed by atoms with Crippen LogP contribution in [0.15, 0.2) is 18.2 Å². The third kappa shape index (κ3) is 2.88. The van der Waals surface area contributed by atoms with Crippen LogP contribution in [0.3, 0.4) is 0 Å². The largest absolute Gasteiger partial charge is 0.481 e. The first-order valence-electron chi connectivity index (χ1n) is 8.88. The number of fused-ring (bicyclic) bond motifs is 1. The van der Waals surface area contributed by atoms with E-state index in [4.69, 9.17) is 4.98 Å². The van der Waals surface area contributed by atoms with Crippen LogP contribution in [0.1, 0.15) is 52.4 Å². The van der Waals surface area contributed by atoms with E-state index in [9.17, 15) is 14.7 Å². The Labute approximate surface area is 146 Å². The number of aromatic nitrogens is 1. The summed E-state index contributed by atoms with van der Waals surface area (Å²) in [5.41, 5.74) is 4.75. The molecule has 2 fully saturated rings. The molecule has 0 spiro atoms. The van der Waals surface area contributed by atoms with Gasteiger partial charge in [-0.1, -0.05) is 11.6 Å². The molecule has 1 aromatic carbocycles. The van der Waals surface area contributed by atoms with Gasteiger partial charge in [-0.25, -0.2) is 0 Å². The first kappa shape index (κ1) is 16.1. The van der Waals surface area contributed by atoms with E-state index in [2.05, 4.69) is 6.07 Å². The first-order valence-corrected chi connectivity index (χ1v) is 8.88. The van der Waals surface area contributed by atoms with Gasteiger partial charge in [-0.3, -0.25) is 14.6 Å². The molecule has 0 unspecified atom stereocenters. The molecule has 0 radical (unpaired) electrons. The third-order valence-corrected chi connectivity index (χ3v) is 5.32. The van der Waals surface area contributed by atoms with Gasteiger partial charge in [-0.05, 0) is 50.8 Å². The maximum Gasteiger partial charge on any atom is 0.308 e. The lowest BCUT2D eigenvalue weighted by Crippen LogP contribution is -2.30. The number of carboxylic acids is 1. The lowest BCUT2D eigenvalue weighted by Gasteiger charge is -2.18. The second-order valence-electron chi connectivity index (χ2n) is 7.42. The second-order valence-corrected chi connectivity index (χ2v) is 7.42. The smallest absolute Gasteiger partial charge is 0.308 e. The molecule has 2 aliphatic rings. The second kappa shape index (κ2) is 5.83. The van der Waals surface area contributed by atoms with Crippen LogP contribution in [0, 0.1) is 19.8 Å². The molecule has 1 saturated carbocycles. The summed E-state index contributed by atoms with van der Waals surface area (Å²) in [4.78, 5) is 30.9. The number of benzene rings is 1. The summed E-state index contributed by atoms with van der Waals surface area (Å²) in [5.74, 6) is -0.881.